The van der Waals surface area contributed by atoms with Crippen molar-refractivity contribution < 1.29 is 0 Å². The van der Waals surface area contributed by atoms with Crippen molar-refractivity contribution in [3.05, 3.63) is 65.0 Å². The Hall–Kier alpha value is -1.89. The highest BCUT2D eigenvalue weighted by molar-refractivity contribution is 5.93. The van der Waals surface area contributed by atoms with Crippen LogP contribution in [-0.2, 0) is 0 Å². The molecule has 0 bridgehead atoms. The molecule has 1 nitrogen and oxygen atoms in total. The number of rotatable bonds is 2. The molecular weight excluding hydrogens is 242 g/mol. The number of allylic oxidation sites excluding steroid dienone is 2. The van der Waals surface area contributed by atoms with Crippen molar-refractivity contribution in [1.29, 1.82) is 0 Å². The average molecular weight is 263 g/mol. The van der Waals surface area contributed by atoms with Crippen LogP contribution in [0.25, 0.3) is 11.1 Å². The molecule has 3 rings (SSSR count). The fourth-order valence-electron chi connectivity index (χ4n) is 3.22. The molecule has 102 valence electrons. The van der Waals surface area contributed by atoms with Gasteiger partial charge in [-0.25, -0.2) is 0 Å². The first kappa shape index (κ1) is 13.1. The molecule has 2 aromatic rings. The smallest absolute Gasteiger partial charge is 0.0303 e. The van der Waals surface area contributed by atoms with Gasteiger partial charge in [0.1, 0.15) is 0 Å². The predicted molar refractivity (Wildman–Crippen MR) is 85.4 cm³/mol. The van der Waals surface area contributed by atoms with E-state index in [1.807, 2.05) is 12.4 Å². The Labute approximate surface area is 121 Å². The molecule has 1 heteroatoms. The molecule has 0 N–H and O–H groups in total. The third-order valence-corrected chi connectivity index (χ3v) is 4.28. The van der Waals surface area contributed by atoms with Gasteiger partial charge < -0.3 is 0 Å². The van der Waals surface area contributed by atoms with Gasteiger partial charge >= 0.3 is 0 Å². The highest BCUT2D eigenvalue weighted by atomic mass is 14.6. The molecule has 1 aromatic heterocycles. The minimum Gasteiger partial charge on any atom is -0.264 e. The first-order valence-electron chi connectivity index (χ1n) is 7.46. The minimum atomic E-state index is 1.19. The number of hydrogen-bond donors (Lipinski definition) is 0. The van der Waals surface area contributed by atoms with E-state index in [0.717, 1.165) is 0 Å². The van der Waals surface area contributed by atoms with Gasteiger partial charge in [0.15, 0.2) is 0 Å². The Morgan fingerprint density at radius 3 is 2.10 bits per heavy atom. The lowest BCUT2D eigenvalue weighted by molar-refractivity contribution is 0.752. The van der Waals surface area contributed by atoms with E-state index in [2.05, 4.69) is 49.2 Å². The zero-order valence-electron chi connectivity index (χ0n) is 12.3. The molecule has 0 unspecified atom stereocenters. The summed E-state index contributed by atoms with van der Waals surface area (Å²) in [6, 6.07) is 10.9. The van der Waals surface area contributed by atoms with Crippen molar-refractivity contribution in [3.63, 3.8) is 0 Å². The van der Waals surface area contributed by atoms with Gasteiger partial charge in [0.25, 0.3) is 0 Å². The lowest BCUT2D eigenvalue weighted by atomic mass is 9.82. The lowest BCUT2D eigenvalue weighted by Crippen LogP contribution is -2.02. The highest BCUT2D eigenvalue weighted by Crippen LogP contribution is 2.39. The first-order chi connectivity index (χ1) is 9.77. The van der Waals surface area contributed by atoms with E-state index >= 15 is 0 Å². The molecular formula is C19H21N. The number of hydrogen-bond acceptors (Lipinski definition) is 1. The summed E-state index contributed by atoms with van der Waals surface area (Å²) in [6.45, 7) is 4.38. The van der Waals surface area contributed by atoms with Crippen LogP contribution in [0.2, 0.25) is 0 Å². The second-order valence-corrected chi connectivity index (χ2v) is 5.67. The van der Waals surface area contributed by atoms with E-state index in [-0.39, 0.29) is 0 Å². The molecule has 0 radical (unpaired) electrons. The minimum absolute atomic E-state index is 1.19. The average Bonchev–Trinajstić information content (AvgIpc) is 2.48. The SMILES string of the molecule is Cc1ccccc1C1=C(c2ccncc2C)CCCC1. The van der Waals surface area contributed by atoms with Crippen LogP contribution in [0.15, 0.2) is 42.7 Å². The van der Waals surface area contributed by atoms with Gasteiger partial charge in [-0.1, -0.05) is 24.3 Å². The molecule has 0 saturated heterocycles. The first-order valence-corrected chi connectivity index (χ1v) is 7.46. The molecule has 0 aliphatic heterocycles. The molecule has 0 fully saturated rings. The highest BCUT2D eigenvalue weighted by Gasteiger charge is 2.18. The van der Waals surface area contributed by atoms with Crippen LogP contribution in [-0.4, -0.2) is 4.98 Å². The molecule has 20 heavy (non-hydrogen) atoms. The summed E-state index contributed by atoms with van der Waals surface area (Å²) in [5.74, 6) is 0. The summed E-state index contributed by atoms with van der Waals surface area (Å²) in [5.41, 5.74) is 8.56. The third kappa shape index (κ3) is 2.40. The van der Waals surface area contributed by atoms with Gasteiger partial charge in [-0.3, -0.25) is 4.98 Å². The van der Waals surface area contributed by atoms with Crippen molar-refractivity contribution in [1.82, 2.24) is 4.98 Å². The number of pyridine rings is 1. The van der Waals surface area contributed by atoms with E-state index < -0.39 is 0 Å². The summed E-state index contributed by atoms with van der Waals surface area (Å²) < 4.78 is 0. The summed E-state index contributed by atoms with van der Waals surface area (Å²) >= 11 is 0. The Bertz CT molecular complexity index is 595. The molecule has 0 saturated carbocycles. The van der Waals surface area contributed by atoms with Gasteiger partial charge in [-0.2, -0.15) is 0 Å². The summed E-state index contributed by atoms with van der Waals surface area (Å²) in [6.07, 6.45) is 8.88. The monoisotopic (exact) mass is 263 g/mol. The molecule has 1 aliphatic carbocycles. The Morgan fingerprint density at radius 1 is 0.800 bits per heavy atom. The van der Waals surface area contributed by atoms with Crippen LogP contribution in [0.5, 0.6) is 0 Å². The number of nitrogens with zero attached hydrogens (tertiary/aromatic N) is 1. The van der Waals surface area contributed by atoms with Gasteiger partial charge in [-0.15, -0.1) is 0 Å². The van der Waals surface area contributed by atoms with E-state index in [0.29, 0.717) is 0 Å². The van der Waals surface area contributed by atoms with Gasteiger partial charge in [0, 0.05) is 12.4 Å². The molecule has 1 aliphatic rings. The van der Waals surface area contributed by atoms with Crippen molar-refractivity contribution in [2.75, 3.05) is 0 Å². The maximum Gasteiger partial charge on any atom is 0.0303 e. The Kier molecular flexibility index (Phi) is 3.68. The van der Waals surface area contributed by atoms with Crippen molar-refractivity contribution in [2.24, 2.45) is 0 Å². The fourth-order valence-corrected chi connectivity index (χ4v) is 3.22. The Morgan fingerprint density at radius 2 is 1.45 bits per heavy atom. The third-order valence-electron chi connectivity index (χ3n) is 4.28. The normalized spacial score (nSPS) is 15.5. The topological polar surface area (TPSA) is 12.9 Å². The summed E-state index contributed by atoms with van der Waals surface area (Å²) in [5, 5.41) is 0. The molecule has 0 spiro atoms. The van der Waals surface area contributed by atoms with E-state index in [4.69, 9.17) is 0 Å². The maximum atomic E-state index is 4.23. The second kappa shape index (κ2) is 5.62. The molecule has 1 aromatic carbocycles. The van der Waals surface area contributed by atoms with E-state index in [9.17, 15) is 0 Å². The molecule has 1 heterocycles. The van der Waals surface area contributed by atoms with Crippen LogP contribution < -0.4 is 0 Å². The van der Waals surface area contributed by atoms with Crippen LogP contribution in [0.1, 0.15) is 47.9 Å². The molecule has 0 amide bonds. The van der Waals surface area contributed by atoms with E-state index in [1.165, 1.54) is 53.5 Å². The standard InChI is InChI=1S/C19H21N/c1-14-7-3-4-8-16(14)18-9-5-6-10-19(18)17-11-12-20-13-15(17)2/h3-4,7-8,11-13H,5-6,9-10H2,1-2H3. The van der Waals surface area contributed by atoms with Gasteiger partial charge in [0.05, 0.1) is 0 Å². The number of benzene rings is 1. The van der Waals surface area contributed by atoms with E-state index in [1.54, 1.807) is 5.57 Å². The van der Waals surface area contributed by atoms with Gasteiger partial charge in [0.2, 0.25) is 0 Å². The summed E-state index contributed by atoms with van der Waals surface area (Å²) in [7, 11) is 0. The van der Waals surface area contributed by atoms with Crippen LogP contribution in [0.3, 0.4) is 0 Å². The molecule has 0 atom stereocenters. The summed E-state index contributed by atoms with van der Waals surface area (Å²) in [4.78, 5) is 4.23. The van der Waals surface area contributed by atoms with Crippen molar-refractivity contribution >= 4 is 11.1 Å². The quantitative estimate of drug-likeness (QED) is 0.727. The van der Waals surface area contributed by atoms with Crippen molar-refractivity contribution in [3.8, 4) is 0 Å². The van der Waals surface area contributed by atoms with Gasteiger partial charge in [-0.05, 0) is 79.0 Å². The maximum absolute atomic E-state index is 4.23. The lowest BCUT2D eigenvalue weighted by Gasteiger charge is -2.23. The van der Waals surface area contributed by atoms with Crippen LogP contribution in [0.4, 0.5) is 0 Å². The number of aryl methyl sites for hydroxylation is 2. The zero-order valence-corrected chi connectivity index (χ0v) is 12.3. The number of aromatic nitrogens is 1. The fraction of sp³-hybridized carbons (Fsp3) is 0.316. The Balaban J connectivity index is 2.18. The largest absolute Gasteiger partial charge is 0.264 e. The second-order valence-electron chi connectivity index (χ2n) is 5.67. The van der Waals surface area contributed by atoms with Crippen molar-refractivity contribution in [2.45, 2.75) is 39.5 Å². The van der Waals surface area contributed by atoms with Crippen LogP contribution in [0, 0.1) is 13.8 Å². The van der Waals surface area contributed by atoms with Crippen LogP contribution >= 0.6 is 0 Å². The zero-order chi connectivity index (χ0) is 13.9. The predicted octanol–water partition coefficient (Wildman–Crippen LogP) is 5.18.